The van der Waals surface area contributed by atoms with E-state index in [1.165, 1.54) is 0 Å². The van der Waals surface area contributed by atoms with Crippen LogP contribution in [0.2, 0.25) is 0 Å². The van der Waals surface area contributed by atoms with E-state index in [0.717, 1.165) is 15.6 Å². The van der Waals surface area contributed by atoms with E-state index in [4.69, 9.17) is 4.74 Å². The van der Waals surface area contributed by atoms with Crippen molar-refractivity contribution in [2.45, 2.75) is 32.6 Å². The summed E-state index contributed by atoms with van der Waals surface area (Å²) in [6.45, 7) is 6.42. The zero-order valence-corrected chi connectivity index (χ0v) is 15.5. The van der Waals surface area contributed by atoms with Crippen molar-refractivity contribution < 1.29 is 9.53 Å². The molecule has 0 aliphatic heterocycles. The SMILES string of the molecule is COc1ccc(C(C)(C)C)cc1NC(=O)Cc1ccc(Br)cc1. The zero-order chi connectivity index (χ0) is 17.0. The molecular formula is C19H22BrNO2. The van der Waals surface area contributed by atoms with Crippen molar-refractivity contribution in [2.75, 3.05) is 12.4 Å². The maximum Gasteiger partial charge on any atom is 0.228 e. The number of benzene rings is 2. The first-order valence-electron chi connectivity index (χ1n) is 7.52. The first kappa shape index (κ1) is 17.5. The number of amides is 1. The molecule has 122 valence electrons. The Morgan fingerprint density at radius 1 is 1.13 bits per heavy atom. The summed E-state index contributed by atoms with van der Waals surface area (Å²) < 4.78 is 6.36. The van der Waals surface area contributed by atoms with Gasteiger partial charge in [0, 0.05) is 4.47 Å². The van der Waals surface area contributed by atoms with Crippen LogP contribution in [0.4, 0.5) is 5.69 Å². The Labute approximate surface area is 146 Å². The molecule has 0 heterocycles. The van der Waals surface area contributed by atoms with Gasteiger partial charge in [0.05, 0.1) is 19.2 Å². The summed E-state index contributed by atoms with van der Waals surface area (Å²) in [4.78, 5) is 12.3. The molecule has 0 saturated heterocycles. The second kappa shape index (κ2) is 7.18. The molecule has 0 radical (unpaired) electrons. The fourth-order valence-electron chi connectivity index (χ4n) is 2.25. The van der Waals surface area contributed by atoms with Crippen LogP contribution in [0.15, 0.2) is 46.9 Å². The fourth-order valence-corrected chi connectivity index (χ4v) is 2.52. The Bertz CT molecular complexity index is 688. The van der Waals surface area contributed by atoms with E-state index in [2.05, 4.69) is 42.0 Å². The van der Waals surface area contributed by atoms with Crippen molar-refractivity contribution in [3.63, 3.8) is 0 Å². The van der Waals surface area contributed by atoms with Crippen LogP contribution >= 0.6 is 15.9 Å². The van der Waals surface area contributed by atoms with Gasteiger partial charge in [-0.05, 0) is 40.8 Å². The Morgan fingerprint density at radius 3 is 2.35 bits per heavy atom. The molecule has 23 heavy (non-hydrogen) atoms. The first-order valence-corrected chi connectivity index (χ1v) is 8.31. The highest BCUT2D eigenvalue weighted by Gasteiger charge is 2.17. The molecule has 0 unspecified atom stereocenters. The van der Waals surface area contributed by atoms with Gasteiger partial charge in [0.15, 0.2) is 0 Å². The summed E-state index contributed by atoms with van der Waals surface area (Å²) in [6.07, 6.45) is 0.330. The summed E-state index contributed by atoms with van der Waals surface area (Å²) >= 11 is 3.39. The minimum atomic E-state index is -0.0586. The average Bonchev–Trinajstić information content (AvgIpc) is 2.48. The lowest BCUT2D eigenvalue weighted by atomic mass is 9.87. The summed E-state index contributed by atoms with van der Waals surface area (Å²) in [6, 6.07) is 13.7. The van der Waals surface area contributed by atoms with E-state index in [-0.39, 0.29) is 11.3 Å². The van der Waals surface area contributed by atoms with Gasteiger partial charge in [-0.1, -0.05) is 54.9 Å². The summed E-state index contributed by atoms with van der Waals surface area (Å²) in [5.41, 5.74) is 2.84. The predicted molar refractivity (Wildman–Crippen MR) is 98.2 cm³/mol. The highest BCUT2D eigenvalue weighted by atomic mass is 79.9. The molecular weight excluding hydrogens is 354 g/mol. The Morgan fingerprint density at radius 2 is 1.78 bits per heavy atom. The monoisotopic (exact) mass is 375 g/mol. The molecule has 2 aromatic rings. The van der Waals surface area contributed by atoms with Crippen LogP contribution in [0.1, 0.15) is 31.9 Å². The second-order valence-electron chi connectivity index (χ2n) is 6.52. The van der Waals surface area contributed by atoms with Crippen LogP contribution < -0.4 is 10.1 Å². The van der Waals surface area contributed by atoms with Crippen LogP contribution in [-0.2, 0) is 16.6 Å². The average molecular weight is 376 g/mol. The molecule has 0 atom stereocenters. The number of halogens is 1. The van der Waals surface area contributed by atoms with Gasteiger partial charge < -0.3 is 10.1 Å². The molecule has 4 heteroatoms. The lowest BCUT2D eigenvalue weighted by molar-refractivity contribution is -0.115. The zero-order valence-electron chi connectivity index (χ0n) is 13.9. The van der Waals surface area contributed by atoms with Gasteiger partial charge in [0.25, 0.3) is 0 Å². The molecule has 0 fully saturated rings. The van der Waals surface area contributed by atoms with Crippen LogP contribution in [0.3, 0.4) is 0 Å². The van der Waals surface area contributed by atoms with Crippen LogP contribution in [0, 0.1) is 0 Å². The second-order valence-corrected chi connectivity index (χ2v) is 7.43. The van der Waals surface area contributed by atoms with Crippen LogP contribution in [-0.4, -0.2) is 13.0 Å². The maximum atomic E-state index is 12.3. The third-order valence-corrected chi connectivity index (χ3v) is 4.15. The molecule has 1 N–H and O–H groups in total. The van der Waals surface area contributed by atoms with Crippen molar-refractivity contribution in [1.29, 1.82) is 0 Å². The summed E-state index contributed by atoms with van der Waals surface area (Å²) in [5.74, 6) is 0.610. The van der Waals surface area contributed by atoms with E-state index in [0.29, 0.717) is 17.9 Å². The smallest absolute Gasteiger partial charge is 0.228 e. The largest absolute Gasteiger partial charge is 0.495 e. The molecule has 1 amide bonds. The van der Waals surface area contributed by atoms with Crippen molar-refractivity contribution in [3.05, 3.63) is 58.1 Å². The highest BCUT2D eigenvalue weighted by Crippen LogP contribution is 2.31. The number of hydrogen-bond acceptors (Lipinski definition) is 2. The van der Waals surface area contributed by atoms with Gasteiger partial charge in [-0.25, -0.2) is 0 Å². The lowest BCUT2D eigenvalue weighted by Crippen LogP contribution is -2.17. The van der Waals surface area contributed by atoms with E-state index >= 15 is 0 Å². The highest BCUT2D eigenvalue weighted by molar-refractivity contribution is 9.10. The minimum absolute atomic E-state index is 0.0114. The Kier molecular flexibility index (Phi) is 5.47. The molecule has 0 saturated carbocycles. The molecule has 2 rings (SSSR count). The third-order valence-electron chi connectivity index (χ3n) is 3.62. The fraction of sp³-hybridized carbons (Fsp3) is 0.316. The van der Waals surface area contributed by atoms with Gasteiger partial charge in [-0.15, -0.1) is 0 Å². The molecule has 3 nitrogen and oxygen atoms in total. The quantitative estimate of drug-likeness (QED) is 0.821. The van der Waals surface area contributed by atoms with Crippen molar-refractivity contribution in [1.82, 2.24) is 0 Å². The predicted octanol–water partition coefficient (Wildman–Crippen LogP) is 4.94. The molecule has 0 spiro atoms. The maximum absolute atomic E-state index is 12.3. The third kappa shape index (κ3) is 4.83. The standard InChI is InChI=1S/C19H22BrNO2/c1-19(2,3)14-7-10-17(23-4)16(12-14)21-18(22)11-13-5-8-15(20)9-6-13/h5-10,12H,11H2,1-4H3,(H,21,22). The van der Waals surface area contributed by atoms with E-state index < -0.39 is 0 Å². The summed E-state index contributed by atoms with van der Waals surface area (Å²) in [7, 11) is 1.61. The van der Waals surface area contributed by atoms with E-state index in [9.17, 15) is 4.79 Å². The van der Waals surface area contributed by atoms with Gasteiger partial charge in [0.1, 0.15) is 5.75 Å². The lowest BCUT2D eigenvalue weighted by Gasteiger charge is -2.21. The van der Waals surface area contributed by atoms with Crippen LogP contribution in [0.25, 0.3) is 0 Å². The van der Waals surface area contributed by atoms with Crippen molar-refractivity contribution in [3.8, 4) is 5.75 Å². The minimum Gasteiger partial charge on any atom is -0.495 e. The van der Waals surface area contributed by atoms with E-state index in [1.807, 2.05) is 42.5 Å². The first-order chi connectivity index (χ1) is 10.8. The number of nitrogens with one attached hydrogen (secondary N) is 1. The number of anilines is 1. The number of hydrogen-bond donors (Lipinski definition) is 1. The van der Waals surface area contributed by atoms with E-state index in [1.54, 1.807) is 7.11 Å². The molecule has 0 bridgehead atoms. The molecule has 2 aromatic carbocycles. The topological polar surface area (TPSA) is 38.3 Å². The molecule has 0 aromatic heterocycles. The number of carbonyl (C=O) groups excluding carboxylic acids is 1. The van der Waals surface area contributed by atoms with Gasteiger partial charge >= 0.3 is 0 Å². The number of methoxy groups -OCH3 is 1. The van der Waals surface area contributed by atoms with Crippen molar-refractivity contribution >= 4 is 27.5 Å². The van der Waals surface area contributed by atoms with Gasteiger partial charge in [-0.3, -0.25) is 4.79 Å². The van der Waals surface area contributed by atoms with Crippen LogP contribution in [0.5, 0.6) is 5.75 Å². The number of ether oxygens (including phenoxy) is 1. The van der Waals surface area contributed by atoms with Crippen molar-refractivity contribution in [2.24, 2.45) is 0 Å². The number of rotatable bonds is 4. The normalized spacial score (nSPS) is 11.2. The molecule has 0 aliphatic carbocycles. The Hall–Kier alpha value is -1.81. The number of carbonyl (C=O) groups is 1. The Balaban J connectivity index is 2.17. The van der Waals surface area contributed by atoms with Gasteiger partial charge in [-0.2, -0.15) is 0 Å². The van der Waals surface area contributed by atoms with Gasteiger partial charge in [0.2, 0.25) is 5.91 Å². The summed E-state index contributed by atoms with van der Waals surface area (Å²) in [5, 5.41) is 2.96. The molecule has 0 aliphatic rings.